The zero-order chi connectivity index (χ0) is 25.3. The number of anilines is 1. The summed E-state index contributed by atoms with van der Waals surface area (Å²) in [6, 6.07) is 4.17. The number of nitrogens with one attached hydrogen (secondary N) is 1. The van der Waals surface area contributed by atoms with Crippen molar-refractivity contribution in [1.29, 1.82) is 0 Å². The Morgan fingerprint density at radius 2 is 1.97 bits per heavy atom. The minimum Gasteiger partial charge on any atom is -0.477 e. The molecule has 1 aliphatic rings. The first-order chi connectivity index (χ1) is 16.6. The SMILES string of the molecule is Cc1nc(SCC(=O)Nc2cc(S(=O)(=O)N3CCOCC3)ccc2Cl)c2c(C)c(C(=O)O)sc2n1. The first-order valence-electron chi connectivity index (χ1n) is 10.4. The fourth-order valence-corrected chi connectivity index (χ4v) is 7.19. The van der Waals surface area contributed by atoms with Crippen LogP contribution in [0.25, 0.3) is 10.2 Å². The normalized spacial score (nSPS) is 14.8. The Bertz CT molecular complexity index is 1420. The molecule has 10 nitrogen and oxygen atoms in total. The Hall–Kier alpha value is -2.29. The van der Waals surface area contributed by atoms with Gasteiger partial charge in [0, 0.05) is 18.5 Å². The van der Waals surface area contributed by atoms with E-state index in [9.17, 15) is 23.1 Å². The van der Waals surface area contributed by atoms with E-state index in [0.717, 1.165) is 23.1 Å². The number of ether oxygens (including phenoxy) is 1. The van der Waals surface area contributed by atoms with Crippen LogP contribution >= 0.6 is 34.7 Å². The summed E-state index contributed by atoms with van der Waals surface area (Å²) in [4.78, 5) is 33.7. The Kier molecular flexibility index (Phi) is 7.64. The van der Waals surface area contributed by atoms with Crippen LogP contribution in [0.3, 0.4) is 0 Å². The maximum Gasteiger partial charge on any atom is 0.346 e. The lowest BCUT2D eigenvalue weighted by Gasteiger charge is -2.26. The van der Waals surface area contributed by atoms with Gasteiger partial charge in [0.2, 0.25) is 15.9 Å². The largest absolute Gasteiger partial charge is 0.477 e. The van der Waals surface area contributed by atoms with E-state index in [-0.39, 0.29) is 39.3 Å². The molecule has 0 spiro atoms. The summed E-state index contributed by atoms with van der Waals surface area (Å²) in [5.41, 5.74) is 0.722. The van der Waals surface area contributed by atoms with Crippen LogP contribution < -0.4 is 5.32 Å². The maximum atomic E-state index is 12.9. The van der Waals surface area contributed by atoms with E-state index in [2.05, 4.69) is 15.3 Å². The number of sulfonamides is 1. The number of carbonyl (C=O) groups excluding carboxylic acids is 1. The number of benzene rings is 1. The molecule has 0 saturated carbocycles. The Balaban J connectivity index is 1.52. The van der Waals surface area contributed by atoms with E-state index in [1.807, 2.05) is 0 Å². The highest BCUT2D eigenvalue weighted by atomic mass is 35.5. The quantitative estimate of drug-likeness (QED) is 0.331. The first-order valence-corrected chi connectivity index (χ1v) is 14.0. The summed E-state index contributed by atoms with van der Waals surface area (Å²) >= 11 is 8.42. The zero-order valence-electron chi connectivity index (χ0n) is 18.7. The highest BCUT2D eigenvalue weighted by Crippen LogP contribution is 2.36. The minimum atomic E-state index is -3.76. The number of amides is 1. The third-order valence-electron chi connectivity index (χ3n) is 5.22. The summed E-state index contributed by atoms with van der Waals surface area (Å²) < 4.78 is 32.4. The molecule has 0 bridgehead atoms. The fourth-order valence-electron chi connectivity index (χ4n) is 3.53. The highest BCUT2D eigenvalue weighted by Gasteiger charge is 2.27. The summed E-state index contributed by atoms with van der Waals surface area (Å²) in [5.74, 6) is -1.06. The van der Waals surface area contributed by atoms with Crippen LogP contribution in [0.2, 0.25) is 5.02 Å². The number of hydrogen-bond donors (Lipinski definition) is 2. The van der Waals surface area contributed by atoms with Crippen LogP contribution in [0.15, 0.2) is 28.1 Å². The number of thiophene rings is 1. The Morgan fingerprint density at radius 3 is 2.66 bits per heavy atom. The number of carboxylic acids is 1. The van der Waals surface area contributed by atoms with Crippen LogP contribution in [0.4, 0.5) is 5.69 Å². The van der Waals surface area contributed by atoms with Crippen molar-refractivity contribution in [1.82, 2.24) is 14.3 Å². The lowest BCUT2D eigenvalue weighted by Crippen LogP contribution is -2.40. The van der Waals surface area contributed by atoms with Gasteiger partial charge < -0.3 is 15.2 Å². The summed E-state index contributed by atoms with van der Waals surface area (Å²) in [6.45, 7) is 4.52. The van der Waals surface area contributed by atoms with Gasteiger partial charge in [0.15, 0.2) is 0 Å². The van der Waals surface area contributed by atoms with Gasteiger partial charge in [0.25, 0.3) is 0 Å². The van der Waals surface area contributed by atoms with Gasteiger partial charge in [-0.05, 0) is 37.6 Å². The molecule has 14 heteroatoms. The van der Waals surface area contributed by atoms with Gasteiger partial charge in [0.1, 0.15) is 20.6 Å². The van der Waals surface area contributed by atoms with E-state index in [1.165, 1.54) is 22.5 Å². The number of aromatic nitrogens is 2. The van der Waals surface area contributed by atoms with Gasteiger partial charge >= 0.3 is 5.97 Å². The second kappa shape index (κ2) is 10.4. The van der Waals surface area contributed by atoms with Crippen LogP contribution in [0.1, 0.15) is 21.1 Å². The standard InChI is InChI=1S/C21H21ClN4O6S3/c1-11-17-19(23-12(2)24-20(17)34-18(11)21(28)29)33-10-16(27)25-15-9-13(3-4-14(15)22)35(30,31)26-5-7-32-8-6-26/h3-4,9H,5-8,10H2,1-2H3,(H,25,27)(H,28,29). The van der Waals surface area contributed by atoms with Crippen molar-refractivity contribution in [2.75, 3.05) is 37.4 Å². The van der Waals surface area contributed by atoms with Gasteiger partial charge in [-0.2, -0.15) is 4.31 Å². The molecule has 1 saturated heterocycles. The molecular weight excluding hydrogens is 536 g/mol. The summed E-state index contributed by atoms with van der Waals surface area (Å²) in [5, 5.41) is 13.4. The predicted molar refractivity (Wildman–Crippen MR) is 134 cm³/mol. The first kappa shape index (κ1) is 25.8. The number of nitrogens with zero attached hydrogens (tertiary/aromatic N) is 3. The molecular formula is C21H21ClN4O6S3. The third kappa shape index (κ3) is 5.44. The van der Waals surface area contributed by atoms with E-state index in [4.69, 9.17) is 16.3 Å². The molecule has 4 rings (SSSR count). The minimum absolute atomic E-state index is 0.0231. The molecule has 1 amide bonds. The molecule has 1 fully saturated rings. The molecule has 35 heavy (non-hydrogen) atoms. The highest BCUT2D eigenvalue weighted by molar-refractivity contribution is 8.00. The third-order valence-corrected chi connectivity index (χ3v) is 9.60. The van der Waals surface area contributed by atoms with E-state index < -0.39 is 21.9 Å². The molecule has 0 aliphatic carbocycles. The molecule has 3 heterocycles. The number of morpholine rings is 1. The van der Waals surface area contributed by atoms with Crippen molar-refractivity contribution in [3.63, 3.8) is 0 Å². The van der Waals surface area contributed by atoms with Gasteiger partial charge in [-0.25, -0.2) is 23.2 Å². The fraction of sp³-hybridized carbons (Fsp3) is 0.333. The van der Waals surface area contributed by atoms with Gasteiger partial charge in [-0.3, -0.25) is 4.79 Å². The Labute approximate surface area is 214 Å². The average Bonchev–Trinajstić information content (AvgIpc) is 3.15. The van der Waals surface area contributed by atoms with Crippen LogP contribution in [0, 0.1) is 13.8 Å². The van der Waals surface area contributed by atoms with E-state index in [0.29, 0.717) is 39.8 Å². The van der Waals surface area contributed by atoms with Crippen molar-refractivity contribution in [3.8, 4) is 0 Å². The van der Waals surface area contributed by atoms with Crippen molar-refractivity contribution in [2.45, 2.75) is 23.8 Å². The average molecular weight is 557 g/mol. The molecule has 186 valence electrons. The lowest BCUT2D eigenvalue weighted by atomic mass is 10.2. The van der Waals surface area contributed by atoms with Crippen LogP contribution in [0.5, 0.6) is 0 Å². The molecule has 0 unspecified atom stereocenters. The molecule has 0 atom stereocenters. The molecule has 1 aliphatic heterocycles. The van der Waals surface area contributed by atoms with Crippen LogP contribution in [-0.2, 0) is 19.6 Å². The van der Waals surface area contributed by atoms with E-state index >= 15 is 0 Å². The van der Waals surface area contributed by atoms with Gasteiger partial charge in [0.05, 0.1) is 34.6 Å². The number of aromatic carboxylic acids is 1. The second-order valence-corrected chi connectivity index (χ2v) is 11.9. The number of hydrogen-bond acceptors (Lipinski definition) is 9. The number of halogens is 1. The second-order valence-electron chi connectivity index (χ2n) is 7.61. The van der Waals surface area contributed by atoms with Gasteiger partial charge in [-0.1, -0.05) is 23.4 Å². The topological polar surface area (TPSA) is 139 Å². The molecule has 3 aromatic rings. The van der Waals surface area contributed by atoms with Gasteiger partial charge in [-0.15, -0.1) is 11.3 Å². The van der Waals surface area contributed by atoms with Crippen molar-refractivity contribution < 1.29 is 27.9 Å². The number of carboxylic acid groups (broad SMARTS) is 1. The number of fused-ring (bicyclic) bond motifs is 1. The maximum absolute atomic E-state index is 12.9. The molecule has 2 aromatic heterocycles. The Morgan fingerprint density at radius 1 is 1.26 bits per heavy atom. The zero-order valence-corrected chi connectivity index (χ0v) is 21.9. The lowest BCUT2D eigenvalue weighted by molar-refractivity contribution is -0.113. The smallest absolute Gasteiger partial charge is 0.346 e. The van der Waals surface area contributed by atoms with Crippen molar-refractivity contribution in [3.05, 3.63) is 39.5 Å². The molecule has 0 radical (unpaired) electrons. The number of aryl methyl sites for hydroxylation is 2. The number of rotatable bonds is 7. The number of carbonyl (C=O) groups is 2. The predicted octanol–water partition coefficient (Wildman–Crippen LogP) is 3.41. The molecule has 2 N–H and O–H groups in total. The van der Waals surface area contributed by atoms with E-state index in [1.54, 1.807) is 13.8 Å². The summed E-state index contributed by atoms with van der Waals surface area (Å²) in [7, 11) is -3.76. The molecule has 1 aromatic carbocycles. The number of thioether (sulfide) groups is 1. The van der Waals surface area contributed by atoms with Crippen molar-refractivity contribution >= 4 is 72.5 Å². The van der Waals surface area contributed by atoms with Crippen LogP contribution in [-0.4, -0.2) is 71.7 Å². The monoisotopic (exact) mass is 556 g/mol. The summed E-state index contributed by atoms with van der Waals surface area (Å²) in [6.07, 6.45) is 0. The van der Waals surface area contributed by atoms with Crippen molar-refractivity contribution in [2.24, 2.45) is 0 Å².